The Morgan fingerprint density at radius 3 is 2.83 bits per heavy atom. The Labute approximate surface area is 109 Å². The molecule has 0 aliphatic carbocycles. The number of para-hydroxylation sites is 1. The predicted molar refractivity (Wildman–Crippen MR) is 74.7 cm³/mol. The van der Waals surface area contributed by atoms with E-state index >= 15 is 0 Å². The van der Waals surface area contributed by atoms with E-state index in [1.54, 1.807) is 0 Å². The summed E-state index contributed by atoms with van der Waals surface area (Å²) in [4.78, 5) is 14.2. The van der Waals surface area contributed by atoms with Crippen molar-refractivity contribution in [3.63, 3.8) is 0 Å². The van der Waals surface area contributed by atoms with E-state index in [-0.39, 0.29) is 5.91 Å². The fraction of sp³-hybridized carbons (Fsp3) is 0.533. The van der Waals surface area contributed by atoms with E-state index in [9.17, 15) is 4.79 Å². The molecule has 1 aliphatic rings. The zero-order valence-electron chi connectivity index (χ0n) is 11.2. The molecule has 0 aromatic heterocycles. The van der Waals surface area contributed by atoms with Crippen molar-refractivity contribution >= 4 is 11.6 Å². The summed E-state index contributed by atoms with van der Waals surface area (Å²) in [6, 6.07) is 8.21. The lowest BCUT2D eigenvalue weighted by atomic mass is 9.98. The largest absolute Gasteiger partial charge is 0.330 e. The molecule has 1 aromatic rings. The van der Waals surface area contributed by atoms with E-state index in [0.717, 1.165) is 18.7 Å². The lowest BCUT2D eigenvalue weighted by Gasteiger charge is -2.19. The first kappa shape index (κ1) is 13.1. The third-order valence-corrected chi connectivity index (χ3v) is 3.47. The molecule has 0 saturated heterocycles. The van der Waals surface area contributed by atoms with Crippen molar-refractivity contribution in [2.24, 2.45) is 11.7 Å². The molecule has 0 fully saturated rings. The number of nitrogens with two attached hydrogens (primary N) is 1. The van der Waals surface area contributed by atoms with Crippen LogP contribution in [-0.2, 0) is 4.79 Å². The van der Waals surface area contributed by atoms with Crippen LogP contribution < -0.4 is 10.6 Å². The van der Waals surface area contributed by atoms with Crippen molar-refractivity contribution in [1.29, 1.82) is 0 Å². The lowest BCUT2D eigenvalue weighted by Crippen LogP contribution is -2.30. The molecule has 1 atom stereocenters. The van der Waals surface area contributed by atoms with Crippen LogP contribution in [0.5, 0.6) is 0 Å². The fourth-order valence-corrected chi connectivity index (χ4v) is 2.64. The second-order valence-electron chi connectivity index (χ2n) is 5.44. The second kappa shape index (κ2) is 5.53. The highest BCUT2D eigenvalue weighted by Crippen LogP contribution is 2.38. The minimum absolute atomic E-state index is 0.233. The summed E-state index contributed by atoms with van der Waals surface area (Å²) in [5.74, 6) is 1.04. The molecular formula is C15H22N2O. The van der Waals surface area contributed by atoms with Gasteiger partial charge in [-0.05, 0) is 30.5 Å². The van der Waals surface area contributed by atoms with Gasteiger partial charge in [0.2, 0.25) is 5.91 Å². The third kappa shape index (κ3) is 2.56. The average molecular weight is 246 g/mol. The van der Waals surface area contributed by atoms with Gasteiger partial charge in [0.1, 0.15) is 0 Å². The van der Waals surface area contributed by atoms with Gasteiger partial charge in [0, 0.05) is 24.6 Å². The Morgan fingerprint density at radius 1 is 1.44 bits per heavy atom. The van der Waals surface area contributed by atoms with Gasteiger partial charge in [-0.25, -0.2) is 0 Å². The number of rotatable bonds is 4. The first-order chi connectivity index (χ1) is 8.63. The third-order valence-electron chi connectivity index (χ3n) is 3.47. The van der Waals surface area contributed by atoms with Crippen LogP contribution in [0.15, 0.2) is 24.3 Å². The zero-order valence-corrected chi connectivity index (χ0v) is 11.2. The van der Waals surface area contributed by atoms with Gasteiger partial charge < -0.3 is 10.6 Å². The van der Waals surface area contributed by atoms with Gasteiger partial charge in [0.15, 0.2) is 0 Å². The van der Waals surface area contributed by atoms with Gasteiger partial charge in [0.25, 0.3) is 0 Å². The molecule has 2 rings (SSSR count). The summed E-state index contributed by atoms with van der Waals surface area (Å²) < 4.78 is 0. The van der Waals surface area contributed by atoms with E-state index in [4.69, 9.17) is 5.73 Å². The number of hydrogen-bond acceptors (Lipinski definition) is 2. The van der Waals surface area contributed by atoms with Gasteiger partial charge in [0.05, 0.1) is 0 Å². The van der Waals surface area contributed by atoms with E-state index in [0.29, 0.717) is 24.8 Å². The summed E-state index contributed by atoms with van der Waals surface area (Å²) in [7, 11) is 0. The van der Waals surface area contributed by atoms with E-state index in [1.807, 2.05) is 23.1 Å². The minimum Gasteiger partial charge on any atom is -0.330 e. The Kier molecular flexibility index (Phi) is 4.02. The standard InChI is InChI=1S/C15H22N2O/c1-11(2)9-15(18)17-10-12(7-8-16)13-5-3-4-6-14(13)17/h3-6,11-12H,7-10,16H2,1-2H3. The van der Waals surface area contributed by atoms with Crippen molar-refractivity contribution in [3.05, 3.63) is 29.8 Å². The number of amides is 1. The van der Waals surface area contributed by atoms with Crippen molar-refractivity contribution < 1.29 is 4.79 Å². The molecule has 3 heteroatoms. The van der Waals surface area contributed by atoms with Crippen LogP contribution in [0.2, 0.25) is 0 Å². The van der Waals surface area contributed by atoms with Crippen molar-refractivity contribution in [2.75, 3.05) is 18.0 Å². The van der Waals surface area contributed by atoms with Crippen LogP contribution in [0.4, 0.5) is 5.69 Å². The van der Waals surface area contributed by atoms with Crippen LogP contribution in [0.3, 0.4) is 0 Å². The molecular weight excluding hydrogens is 224 g/mol. The smallest absolute Gasteiger partial charge is 0.227 e. The maximum Gasteiger partial charge on any atom is 0.227 e. The van der Waals surface area contributed by atoms with Gasteiger partial charge in [-0.2, -0.15) is 0 Å². The second-order valence-corrected chi connectivity index (χ2v) is 5.44. The normalized spacial score (nSPS) is 18.2. The Balaban J connectivity index is 2.22. The van der Waals surface area contributed by atoms with Crippen LogP contribution in [0, 0.1) is 5.92 Å². The molecule has 3 nitrogen and oxygen atoms in total. The quantitative estimate of drug-likeness (QED) is 0.887. The summed E-state index contributed by atoms with van der Waals surface area (Å²) >= 11 is 0. The molecule has 1 aliphatic heterocycles. The van der Waals surface area contributed by atoms with Crippen molar-refractivity contribution in [2.45, 2.75) is 32.6 Å². The predicted octanol–water partition coefficient (Wildman–Crippen LogP) is 2.51. The zero-order chi connectivity index (χ0) is 13.1. The Bertz CT molecular complexity index is 428. The maximum atomic E-state index is 12.3. The van der Waals surface area contributed by atoms with E-state index < -0.39 is 0 Å². The first-order valence-corrected chi connectivity index (χ1v) is 6.72. The van der Waals surface area contributed by atoms with E-state index in [1.165, 1.54) is 5.56 Å². The fourth-order valence-electron chi connectivity index (χ4n) is 2.64. The maximum absolute atomic E-state index is 12.3. The molecule has 98 valence electrons. The summed E-state index contributed by atoms with van der Waals surface area (Å²) in [6.45, 7) is 5.63. The van der Waals surface area contributed by atoms with Crippen LogP contribution in [-0.4, -0.2) is 19.0 Å². The van der Waals surface area contributed by atoms with Crippen LogP contribution in [0.1, 0.15) is 38.2 Å². The topological polar surface area (TPSA) is 46.3 Å². The molecule has 0 radical (unpaired) electrons. The highest BCUT2D eigenvalue weighted by Gasteiger charge is 2.31. The summed E-state index contributed by atoms with van der Waals surface area (Å²) in [6.07, 6.45) is 1.56. The number of benzene rings is 1. The molecule has 1 heterocycles. The van der Waals surface area contributed by atoms with Crippen molar-refractivity contribution in [3.8, 4) is 0 Å². The highest BCUT2D eigenvalue weighted by molar-refractivity contribution is 5.96. The van der Waals surface area contributed by atoms with Gasteiger partial charge in [-0.15, -0.1) is 0 Å². The average Bonchev–Trinajstić information content (AvgIpc) is 2.68. The number of carbonyl (C=O) groups excluding carboxylic acids is 1. The van der Waals surface area contributed by atoms with Gasteiger partial charge in [-0.1, -0.05) is 32.0 Å². The Hall–Kier alpha value is -1.35. The van der Waals surface area contributed by atoms with Gasteiger partial charge in [-0.3, -0.25) is 4.79 Å². The SMILES string of the molecule is CC(C)CC(=O)N1CC(CCN)c2ccccc21. The highest BCUT2D eigenvalue weighted by atomic mass is 16.2. The molecule has 1 amide bonds. The number of hydrogen-bond donors (Lipinski definition) is 1. The van der Waals surface area contributed by atoms with Crippen LogP contribution >= 0.6 is 0 Å². The molecule has 1 aromatic carbocycles. The number of nitrogens with zero attached hydrogens (tertiary/aromatic N) is 1. The molecule has 1 unspecified atom stereocenters. The summed E-state index contributed by atoms with van der Waals surface area (Å²) in [5.41, 5.74) is 8.03. The molecule has 18 heavy (non-hydrogen) atoms. The monoisotopic (exact) mass is 246 g/mol. The molecule has 0 spiro atoms. The molecule has 2 N–H and O–H groups in total. The number of fused-ring (bicyclic) bond motifs is 1. The minimum atomic E-state index is 0.233. The Morgan fingerprint density at radius 2 is 2.17 bits per heavy atom. The first-order valence-electron chi connectivity index (χ1n) is 6.72. The van der Waals surface area contributed by atoms with Gasteiger partial charge >= 0.3 is 0 Å². The van der Waals surface area contributed by atoms with Crippen molar-refractivity contribution in [1.82, 2.24) is 0 Å². The number of carbonyl (C=O) groups is 1. The molecule has 0 saturated carbocycles. The molecule has 0 bridgehead atoms. The number of anilines is 1. The van der Waals surface area contributed by atoms with E-state index in [2.05, 4.69) is 19.9 Å². The lowest BCUT2D eigenvalue weighted by molar-refractivity contribution is -0.119. The van der Waals surface area contributed by atoms with Crippen LogP contribution in [0.25, 0.3) is 0 Å². The summed E-state index contributed by atoms with van der Waals surface area (Å²) in [5, 5.41) is 0.